The molecule has 1 aromatic rings. The van der Waals surface area contributed by atoms with Gasteiger partial charge in [-0.25, -0.2) is 0 Å². The summed E-state index contributed by atoms with van der Waals surface area (Å²) in [5.41, 5.74) is 2.63. The Balaban J connectivity index is 1.87. The molecule has 1 heterocycles. The smallest absolute Gasteiger partial charge is 0.313 e. The van der Waals surface area contributed by atoms with Gasteiger partial charge < -0.3 is 15.4 Å². The second-order valence-corrected chi connectivity index (χ2v) is 5.12. The molecule has 1 fully saturated rings. The number of rotatable bonds is 3. The fourth-order valence-electron chi connectivity index (χ4n) is 2.14. The molecule has 0 aromatic heterocycles. The summed E-state index contributed by atoms with van der Waals surface area (Å²) in [6, 6.07) is 5.72. The van der Waals surface area contributed by atoms with E-state index in [0.717, 1.165) is 30.6 Å². The predicted molar refractivity (Wildman–Crippen MR) is 76.5 cm³/mol. The second-order valence-electron chi connectivity index (χ2n) is 5.12. The summed E-state index contributed by atoms with van der Waals surface area (Å²) in [7, 11) is 0. The quantitative estimate of drug-likeness (QED) is 0.823. The van der Waals surface area contributed by atoms with Crippen LogP contribution in [-0.4, -0.2) is 31.1 Å². The van der Waals surface area contributed by atoms with Gasteiger partial charge in [-0.1, -0.05) is 12.1 Å². The third-order valence-corrected chi connectivity index (χ3v) is 3.36. The van der Waals surface area contributed by atoms with E-state index in [4.69, 9.17) is 4.74 Å². The third-order valence-electron chi connectivity index (χ3n) is 3.36. The molecule has 1 aliphatic rings. The van der Waals surface area contributed by atoms with Crippen molar-refractivity contribution in [2.75, 3.05) is 18.5 Å². The van der Waals surface area contributed by atoms with E-state index >= 15 is 0 Å². The molecule has 5 heteroatoms. The van der Waals surface area contributed by atoms with Crippen molar-refractivity contribution in [3.63, 3.8) is 0 Å². The Morgan fingerprint density at radius 2 is 2.10 bits per heavy atom. The second kappa shape index (κ2) is 6.52. The number of hydrogen-bond donors (Lipinski definition) is 2. The Morgan fingerprint density at radius 3 is 2.80 bits per heavy atom. The fourth-order valence-corrected chi connectivity index (χ4v) is 2.14. The molecule has 1 aliphatic heterocycles. The van der Waals surface area contributed by atoms with Crippen molar-refractivity contribution in [1.82, 2.24) is 5.32 Å². The van der Waals surface area contributed by atoms with Crippen molar-refractivity contribution in [2.45, 2.75) is 32.8 Å². The maximum atomic E-state index is 11.8. The molecule has 108 valence electrons. The first-order chi connectivity index (χ1) is 9.56. The topological polar surface area (TPSA) is 67.4 Å². The Labute approximate surface area is 118 Å². The molecule has 20 heavy (non-hydrogen) atoms. The first kappa shape index (κ1) is 14.5. The summed E-state index contributed by atoms with van der Waals surface area (Å²) in [5.74, 6) is -1.27. The number of anilines is 1. The molecular weight excluding hydrogens is 256 g/mol. The van der Waals surface area contributed by atoms with Gasteiger partial charge in [-0.2, -0.15) is 0 Å². The summed E-state index contributed by atoms with van der Waals surface area (Å²) >= 11 is 0. The lowest BCUT2D eigenvalue weighted by Gasteiger charge is -2.12. The first-order valence-corrected chi connectivity index (χ1v) is 6.84. The summed E-state index contributed by atoms with van der Waals surface area (Å²) in [6.07, 6.45) is 1.97. The number of carbonyl (C=O) groups is 2. The first-order valence-electron chi connectivity index (χ1n) is 6.84. The Kier molecular flexibility index (Phi) is 4.74. The Bertz CT molecular complexity index is 508. The van der Waals surface area contributed by atoms with Crippen molar-refractivity contribution in [3.05, 3.63) is 29.3 Å². The predicted octanol–water partition coefficient (Wildman–Crippen LogP) is 1.54. The van der Waals surface area contributed by atoms with Crippen LogP contribution in [0.5, 0.6) is 0 Å². The van der Waals surface area contributed by atoms with E-state index in [1.54, 1.807) is 0 Å². The molecule has 5 nitrogen and oxygen atoms in total. The average Bonchev–Trinajstić information content (AvgIpc) is 2.93. The molecular formula is C15H20N2O3. The van der Waals surface area contributed by atoms with Crippen molar-refractivity contribution >= 4 is 17.5 Å². The SMILES string of the molecule is Cc1ccc(C)c(NC(=O)C(=O)NC[C@H]2CCCO2)c1. The van der Waals surface area contributed by atoms with Gasteiger partial charge in [0.2, 0.25) is 0 Å². The van der Waals surface area contributed by atoms with Gasteiger partial charge in [-0.05, 0) is 43.9 Å². The molecule has 0 unspecified atom stereocenters. The lowest BCUT2D eigenvalue weighted by atomic mass is 10.1. The van der Waals surface area contributed by atoms with Crippen LogP contribution in [0.2, 0.25) is 0 Å². The van der Waals surface area contributed by atoms with Crippen LogP contribution in [0.1, 0.15) is 24.0 Å². The molecule has 1 atom stereocenters. The largest absolute Gasteiger partial charge is 0.376 e. The molecule has 1 aromatic carbocycles. The van der Waals surface area contributed by atoms with Crippen molar-refractivity contribution in [1.29, 1.82) is 0 Å². The van der Waals surface area contributed by atoms with Crippen LogP contribution in [0.3, 0.4) is 0 Å². The number of aryl methyl sites for hydroxylation is 2. The Morgan fingerprint density at radius 1 is 1.30 bits per heavy atom. The van der Waals surface area contributed by atoms with Gasteiger partial charge in [-0.15, -0.1) is 0 Å². The van der Waals surface area contributed by atoms with Crippen molar-refractivity contribution in [3.8, 4) is 0 Å². The van der Waals surface area contributed by atoms with Crippen LogP contribution in [-0.2, 0) is 14.3 Å². The summed E-state index contributed by atoms with van der Waals surface area (Å²) < 4.78 is 5.39. The highest BCUT2D eigenvalue weighted by molar-refractivity contribution is 6.39. The number of hydrogen-bond acceptors (Lipinski definition) is 3. The number of carbonyl (C=O) groups excluding carboxylic acids is 2. The maximum Gasteiger partial charge on any atom is 0.313 e. The minimum atomic E-state index is -0.642. The van der Waals surface area contributed by atoms with Crippen LogP contribution < -0.4 is 10.6 Å². The van der Waals surface area contributed by atoms with E-state index in [2.05, 4.69) is 10.6 Å². The molecule has 2 N–H and O–H groups in total. The molecule has 1 saturated heterocycles. The molecule has 0 saturated carbocycles. The summed E-state index contributed by atoms with van der Waals surface area (Å²) in [4.78, 5) is 23.5. The fraction of sp³-hybridized carbons (Fsp3) is 0.467. The molecule has 2 rings (SSSR count). The van der Waals surface area contributed by atoms with Crippen molar-refractivity contribution < 1.29 is 14.3 Å². The van der Waals surface area contributed by atoms with Crippen LogP contribution in [0.15, 0.2) is 18.2 Å². The zero-order chi connectivity index (χ0) is 14.5. The van der Waals surface area contributed by atoms with E-state index in [0.29, 0.717) is 12.2 Å². The molecule has 0 spiro atoms. The highest BCUT2D eigenvalue weighted by Gasteiger charge is 2.19. The number of amides is 2. The van der Waals surface area contributed by atoms with Crippen LogP contribution in [0, 0.1) is 13.8 Å². The van der Waals surface area contributed by atoms with Crippen LogP contribution in [0.25, 0.3) is 0 Å². The van der Waals surface area contributed by atoms with E-state index in [1.807, 2.05) is 32.0 Å². The van der Waals surface area contributed by atoms with Gasteiger partial charge in [0.15, 0.2) is 0 Å². The standard InChI is InChI=1S/C15H20N2O3/c1-10-5-6-11(2)13(8-10)17-15(19)14(18)16-9-12-4-3-7-20-12/h5-6,8,12H,3-4,7,9H2,1-2H3,(H,16,18)(H,17,19)/t12-/m1/s1. The van der Waals surface area contributed by atoms with E-state index in [1.165, 1.54) is 0 Å². The number of ether oxygens (including phenoxy) is 1. The lowest BCUT2D eigenvalue weighted by molar-refractivity contribution is -0.136. The average molecular weight is 276 g/mol. The monoisotopic (exact) mass is 276 g/mol. The third kappa shape index (κ3) is 3.81. The van der Waals surface area contributed by atoms with Gasteiger partial charge >= 0.3 is 11.8 Å². The maximum absolute atomic E-state index is 11.8. The number of nitrogens with one attached hydrogen (secondary N) is 2. The highest BCUT2D eigenvalue weighted by atomic mass is 16.5. The van der Waals surface area contributed by atoms with Gasteiger partial charge in [0.05, 0.1) is 6.10 Å². The highest BCUT2D eigenvalue weighted by Crippen LogP contribution is 2.16. The number of benzene rings is 1. The van der Waals surface area contributed by atoms with Gasteiger partial charge in [0, 0.05) is 18.8 Å². The van der Waals surface area contributed by atoms with E-state index in [9.17, 15) is 9.59 Å². The van der Waals surface area contributed by atoms with Gasteiger partial charge in [0.25, 0.3) is 0 Å². The van der Waals surface area contributed by atoms with Gasteiger partial charge in [-0.3, -0.25) is 9.59 Å². The lowest BCUT2D eigenvalue weighted by Crippen LogP contribution is -2.39. The zero-order valence-electron chi connectivity index (χ0n) is 11.9. The van der Waals surface area contributed by atoms with Crippen LogP contribution >= 0.6 is 0 Å². The van der Waals surface area contributed by atoms with E-state index in [-0.39, 0.29) is 6.10 Å². The molecule has 0 bridgehead atoms. The zero-order valence-corrected chi connectivity index (χ0v) is 11.9. The molecule has 0 radical (unpaired) electrons. The summed E-state index contributed by atoms with van der Waals surface area (Å²) in [5, 5.41) is 5.24. The minimum Gasteiger partial charge on any atom is -0.376 e. The van der Waals surface area contributed by atoms with Gasteiger partial charge in [0.1, 0.15) is 0 Å². The minimum absolute atomic E-state index is 0.0347. The molecule has 0 aliphatic carbocycles. The normalized spacial score (nSPS) is 17.8. The van der Waals surface area contributed by atoms with Crippen molar-refractivity contribution in [2.24, 2.45) is 0 Å². The summed E-state index contributed by atoms with van der Waals surface area (Å²) in [6.45, 7) is 4.94. The molecule has 2 amide bonds. The van der Waals surface area contributed by atoms with E-state index < -0.39 is 11.8 Å². The van der Waals surface area contributed by atoms with Crippen LogP contribution in [0.4, 0.5) is 5.69 Å². The Hall–Kier alpha value is -1.88.